The van der Waals surface area contributed by atoms with Crippen molar-refractivity contribution >= 4 is 29.2 Å². The van der Waals surface area contributed by atoms with Crippen LogP contribution in [0, 0.1) is 5.82 Å². The maximum absolute atomic E-state index is 13.0. The Morgan fingerprint density at radius 2 is 1.86 bits per heavy atom. The van der Waals surface area contributed by atoms with Gasteiger partial charge in [0.2, 0.25) is 11.7 Å². The number of esters is 1. The van der Waals surface area contributed by atoms with Crippen molar-refractivity contribution < 1.29 is 23.2 Å². The standard InChI is InChI=1S/C20H17ClFN3O4/c1-12(20(27)23-16-8-4-14(21)5-9-16)28-18(26)11-10-17-24-19(25-29-17)13-2-6-15(22)7-3-13/h2-9,12H,10-11H2,1H3,(H,23,27). The molecule has 7 nitrogen and oxygen atoms in total. The molecule has 9 heteroatoms. The predicted octanol–water partition coefficient (Wildman–Crippen LogP) is 4.03. The molecule has 1 unspecified atom stereocenters. The molecule has 0 saturated heterocycles. The summed E-state index contributed by atoms with van der Waals surface area (Å²) in [6.45, 7) is 1.47. The summed E-state index contributed by atoms with van der Waals surface area (Å²) in [5.41, 5.74) is 1.14. The number of amides is 1. The molecule has 2 aromatic carbocycles. The van der Waals surface area contributed by atoms with Gasteiger partial charge in [-0.1, -0.05) is 16.8 Å². The van der Waals surface area contributed by atoms with Crippen LogP contribution in [0.3, 0.4) is 0 Å². The lowest BCUT2D eigenvalue weighted by molar-refractivity contribution is -0.153. The topological polar surface area (TPSA) is 94.3 Å². The number of benzene rings is 2. The molecule has 1 atom stereocenters. The van der Waals surface area contributed by atoms with Gasteiger partial charge in [-0.25, -0.2) is 4.39 Å². The molecule has 1 heterocycles. The van der Waals surface area contributed by atoms with Gasteiger partial charge >= 0.3 is 5.97 Å². The van der Waals surface area contributed by atoms with Crippen LogP contribution in [0.5, 0.6) is 0 Å². The van der Waals surface area contributed by atoms with E-state index in [2.05, 4.69) is 15.5 Å². The minimum atomic E-state index is -0.976. The summed E-state index contributed by atoms with van der Waals surface area (Å²) in [4.78, 5) is 28.3. The van der Waals surface area contributed by atoms with E-state index in [1.54, 1.807) is 24.3 Å². The molecule has 0 aliphatic heterocycles. The van der Waals surface area contributed by atoms with Gasteiger partial charge in [0.15, 0.2) is 6.10 Å². The summed E-state index contributed by atoms with van der Waals surface area (Å²) >= 11 is 5.79. The minimum absolute atomic E-state index is 0.0381. The molecule has 0 saturated carbocycles. The van der Waals surface area contributed by atoms with Crippen LogP contribution < -0.4 is 5.32 Å². The Bertz CT molecular complexity index is 990. The van der Waals surface area contributed by atoms with Gasteiger partial charge in [-0.2, -0.15) is 4.98 Å². The summed E-state index contributed by atoms with van der Waals surface area (Å²) in [6, 6.07) is 12.2. The van der Waals surface area contributed by atoms with Gasteiger partial charge in [-0.05, 0) is 55.5 Å². The Balaban J connectivity index is 1.47. The largest absolute Gasteiger partial charge is 0.453 e. The number of carbonyl (C=O) groups is 2. The molecule has 1 N–H and O–H groups in total. The smallest absolute Gasteiger partial charge is 0.307 e. The highest BCUT2D eigenvalue weighted by molar-refractivity contribution is 6.30. The zero-order valence-electron chi connectivity index (χ0n) is 15.4. The first-order valence-electron chi connectivity index (χ1n) is 8.75. The van der Waals surface area contributed by atoms with E-state index in [0.29, 0.717) is 22.1 Å². The molecule has 3 aromatic rings. The van der Waals surface area contributed by atoms with E-state index in [-0.39, 0.29) is 24.5 Å². The Kier molecular flexibility index (Phi) is 6.56. The van der Waals surface area contributed by atoms with E-state index in [0.717, 1.165) is 0 Å². The molecule has 0 fully saturated rings. The third-order valence-corrected chi connectivity index (χ3v) is 4.15. The maximum atomic E-state index is 13.0. The predicted molar refractivity (Wildman–Crippen MR) is 104 cm³/mol. The highest BCUT2D eigenvalue weighted by Gasteiger charge is 2.19. The number of nitrogens with one attached hydrogen (secondary N) is 1. The van der Waals surface area contributed by atoms with Crippen molar-refractivity contribution in [3.63, 3.8) is 0 Å². The number of ether oxygens (including phenoxy) is 1. The van der Waals surface area contributed by atoms with Gasteiger partial charge in [0.05, 0.1) is 6.42 Å². The number of hydrogen-bond donors (Lipinski definition) is 1. The van der Waals surface area contributed by atoms with Crippen molar-refractivity contribution in [2.24, 2.45) is 0 Å². The van der Waals surface area contributed by atoms with E-state index in [1.807, 2.05) is 0 Å². The lowest BCUT2D eigenvalue weighted by atomic mass is 10.2. The van der Waals surface area contributed by atoms with Crippen molar-refractivity contribution in [1.82, 2.24) is 10.1 Å². The molecule has 150 valence electrons. The number of aryl methyl sites for hydroxylation is 1. The number of rotatable bonds is 7. The molecule has 0 spiro atoms. The SMILES string of the molecule is CC(OC(=O)CCc1nc(-c2ccc(F)cc2)no1)C(=O)Nc1ccc(Cl)cc1. The molecule has 0 aliphatic rings. The van der Waals surface area contributed by atoms with Crippen molar-refractivity contribution in [2.45, 2.75) is 25.9 Å². The van der Waals surface area contributed by atoms with E-state index >= 15 is 0 Å². The molecule has 29 heavy (non-hydrogen) atoms. The number of aromatic nitrogens is 2. The van der Waals surface area contributed by atoms with Crippen LogP contribution in [0.25, 0.3) is 11.4 Å². The van der Waals surface area contributed by atoms with Crippen LogP contribution in [0.4, 0.5) is 10.1 Å². The van der Waals surface area contributed by atoms with E-state index in [1.165, 1.54) is 31.2 Å². The Labute approximate surface area is 170 Å². The fourth-order valence-electron chi connectivity index (χ4n) is 2.37. The zero-order valence-corrected chi connectivity index (χ0v) is 16.1. The first-order chi connectivity index (χ1) is 13.9. The van der Waals surface area contributed by atoms with Crippen LogP contribution in [-0.4, -0.2) is 28.1 Å². The van der Waals surface area contributed by atoms with Crippen molar-refractivity contribution in [2.75, 3.05) is 5.32 Å². The molecule has 1 amide bonds. The van der Waals surface area contributed by atoms with Crippen LogP contribution >= 0.6 is 11.6 Å². The summed E-state index contributed by atoms with van der Waals surface area (Å²) in [5.74, 6) is -0.875. The lowest BCUT2D eigenvalue weighted by Gasteiger charge is -2.13. The summed E-state index contributed by atoms with van der Waals surface area (Å²) < 4.78 is 23.2. The minimum Gasteiger partial charge on any atom is -0.453 e. The molecule has 0 radical (unpaired) electrons. The fourth-order valence-corrected chi connectivity index (χ4v) is 2.49. The average Bonchev–Trinajstić information content (AvgIpc) is 3.17. The molecule has 0 bridgehead atoms. The maximum Gasteiger partial charge on any atom is 0.307 e. The van der Waals surface area contributed by atoms with Gasteiger partial charge in [0.25, 0.3) is 5.91 Å². The van der Waals surface area contributed by atoms with Crippen molar-refractivity contribution in [1.29, 1.82) is 0 Å². The van der Waals surface area contributed by atoms with Crippen LogP contribution in [0.1, 0.15) is 19.2 Å². The second kappa shape index (κ2) is 9.29. The Morgan fingerprint density at radius 3 is 2.55 bits per heavy atom. The summed E-state index contributed by atoms with van der Waals surface area (Å²) in [6.07, 6.45) is -0.863. The van der Waals surface area contributed by atoms with E-state index in [9.17, 15) is 14.0 Å². The second-order valence-corrected chi connectivity index (χ2v) is 6.58. The summed E-state index contributed by atoms with van der Waals surface area (Å²) in [5, 5.41) is 6.98. The van der Waals surface area contributed by atoms with Gasteiger partial charge in [-0.3, -0.25) is 9.59 Å². The number of carbonyl (C=O) groups excluding carboxylic acids is 2. The van der Waals surface area contributed by atoms with Gasteiger partial charge in [-0.15, -0.1) is 0 Å². The molecular formula is C20H17ClFN3O4. The Morgan fingerprint density at radius 1 is 1.17 bits per heavy atom. The normalized spacial score (nSPS) is 11.7. The average molecular weight is 418 g/mol. The first kappa shape index (κ1) is 20.5. The van der Waals surface area contributed by atoms with Crippen LogP contribution in [0.15, 0.2) is 53.1 Å². The van der Waals surface area contributed by atoms with Crippen molar-refractivity contribution in [3.05, 3.63) is 65.3 Å². The quantitative estimate of drug-likeness (QED) is 0.583. The van der Waals surface area contributed by atoms with Crippen LogP contribution in [-0.2, 0) is 20.7 Å². The molecular weight excluding hydrogens is 401 g/mol. The summed E-state index contributed by atoms with van der Waals surface area (Å²) in [7, 11) is 0. The number of anilines is 1. The lowest BCUT2D eigenvalue weighted by Crippen LogP contribution is -2.30. The van der Waals surface area contributed by atoms with Gasteiger partial charge in [0, 0.05) is 22.7 Å². The van der Waals surface area contributed by atoms with Crippen molar-refractivity contribution in [3.8, 4) is 11.4 Å². The molecule has 3 rings (SSSR count). The highest BCUT2D eigenvalue weighted by Crippen LogP contribution is 2.17. The second-order valence-electron chi connectivity index (χ2n) is 6.15. The highest BCUT2D eigenvalue weighted by atomic mass is 35.5. The number of hydrogen-bond acceptors (Lipinski definition) is 6. The van der Waals surface area contributed by atoms with Crippen LogP contribution in [0.2, 0.25) is 5.02 Å². The van der Waals surface area contributed by atoms with Gasteiger partial charge < -0.3 is 14.6 Å². The van der Waals surface area contributed by atoms with Gasteiger partial charge in [0.1, 0.15) is 5.82 Å². The Hall–Kier alpha value is -3.26. The van der Waals surface area contributed by atoms with E-state index < -0.39 is 18.0 Å². The number of nitrogens with zero attached hydrogens (tertiary/aromatic N) is 2. The molecule has 1 aromatic heterocycles. The van der Waals surface area contributed by atoms with E-state index in [4.69, 9.17) is 20.9 Å². The monoisotopic (exact) mass is 417 g/mol. The third-order valence-electron chi connectivity index (χ3n) is 3.90. The number of halogens is 2. The fraction of sp³-hybridized carbons (Fsp3) is 0.200. The first-order valence-corrected chi connectivity index (χ1v) is 9.13. The third kappa shape index (κ3) is 5.86. The zero-order chi connectivity index (χ0) is 20.8. The molecule has 0 aliphatic carbocycles.